The molecule has 1 saturated carbocycles. The Labute approximate surface area is 143 Å². The number of nitrogens with one attached hydrogen (secondary N) is 1. The Kier molecular flexibility index (Phi) is 5.07. The van der Waals surface area contributed by atoms with Gasteiger partial charge >= 0.3 is 0 Å². The lowest BCUT2D eigenvalue weighted by Gasteiger charge is -2.24. The van der Waals surface area contributed by atoms with Crippen LogP contribution in [-0.2, 0) is 4.79 Å². The number of hydrogen-bond acceptors (Lipinski definition) is 3. The Hall–Kier alpha value is -2.04. The minimum Gasteiger partial charge on any atom is -0.496 e. The zero-order valence-electron chi connectivity index (χ0n) is 14.5. The second-order valence-electron chi connectivity index (χ2n) is 6.90. The SMILES string of the molecule is COc1cccc(C(=O)NC[C@@H]2CC(=O)N(C3CCCC3)C2)c1C. The lowest BCUT2D eigenvalue weighted by molar-refractivity contribution is -0.129. The van der Waals surface area contributed by atoms with Gasteiger partial charge in [0.15, 0.2) is 0 Å². The van der Waals surface area contributed by atoms with Gasteiger partial charge in [0.25, 0.3) is 5.91 Å². The van der Waals surface area contributed by atoms with Crippen LogP contribution in [0.4, 0.5) is 0 Å². The summed E-state index contributed by atoms with van der Waals surface area (Å²) >= 11 is 0. The van der Waals surface area contributed by atoms with Crippen LogP contribution in [0.5, 0.6) is 5.75 Å². The molecular formula is C19H26N2O3. The molecule has 2 amide bonds. The van der Waals surface area contributed by atoms with Crippen molar-refractivity contribution in [1.29, 1.82) is 0 Å². The lowest BCUT2D eigenvalue weighted by atomic mass is 10.1. The fourth-order valence-electron chi connectivity index (χ4n) is 3.93. The Balaban J connectivity index is 1.56. The van der Waals surface area contributed by atoms with E-state index in [4.69, 9.17) is 4.74 Å². The van der Waals surface area contributed by atoms with Gasteiger partial charge in [0.05, 0.1) is 7.11 Å². The zero-order chi connectivity index (χ0) is 17.1. The fourth-order valence-corrected chi connectivity index (χ4v) is 3.93. The highest BCUT2D eigenvalue weighted by Crippen LogP contribution is 2.29. The number of ether oxygens (including phenoxy) is 1. The minimum absolute atomic E-state index is 0.0989. The van der Waals surface area contributed by atoms with Crippen molar-refractivity contribution in [2.45, 2.75) is 45.1 Å². The van der Waals surface area contributed by atoms with E-state index < -0.39 is 0 Å². The molecule has 2 aliphatic rings. The highest BCUT2D eigenvalue weighted by atomic mass is 16.5. The third-order valence-corrected chi connectivity index (χ3v) is 5.30. The monoisotopic (exact) mass is 330 g/mol. The summed E-state index contributed by atoms with van der Waals surface area (Å²) in [6.07, 6.45) is 5.27. The van der Waals surface area contributed by atoms with Crippen LogP contribution in [0.2, 0.25) is 0 Å². The molecule has 130 valence electrons. The second kappa shape index (κ2) is 7.24. The molecule has 0 radical (unpaired) electrons. The molecule has 5 heteroatoms. The molecule has 1 atom stereocenters. The maximum atomic E-state index is 12.4. The van der Waals surface area contributed by atoms with Gasteiger partial charge in [-0.25, -0.2) is 0 Å². The molecule has 1 saturated heterocycles. The number of hydrogen-bond donors (Lipinski definition) is 1. The number of methoxy groups -OCH3 is 1. The average Bonchev–Trinajstić information content (AvgIpc) is 3.22. The van der Waals surface area contributed by atoms with Crippen molar-refractivity contribution in [2.24, 2.45) is 5.92 Å². The van der Waals surface area contributed by atoms with Gasteiger partial charge in [0.1, 0.15) is 5.75 Å². The van der Waals surface area contributed by atoms with Gasteiger partial charge in [-0.15, -0.1) is 0 Å². The first-order valence-electron chi connectivity index (χ1n) is 8.81. The number of nitrogens with zero attached hydrogens (tertiary/aromatic N) is 1. The van der Waals surface area contributed by atoms with E-state index >= 15 is 0 Å². The van der Waals surface area contributed by atoms with Crippen molar-refractivity contribution in [1.82, 2.24) is 10.2 Å². The summed E-state index contributed by atoms with van der Waals surface area (Å²) in [5, 5.41) is 2.99. The standard InChI is InChI=1S/C19H26N2O3/c1-13-16(8-5-9-17(13)24-2)19(23)20-11-14-10-18(22)21(12-14)15-6-3-4-7-15/h5,8-9,14-15H,3-4,6-7,10-12H2,1-2H3,(H,20,23)/t14-/m0/s1. The lowest BCUT2D eigenvalue weighted by Crippen LogP contribution is -2.36. The Morgan fingerprint density at radius 3 is 2.79 bits per heavy atom. The van der Waals surface area contributed by atoms with Crippen LogP contribution >= 0.6 is 0 Å². The van der Waals surface area contributed by atoms with Gasteiger partial charge in [0.2, 0.25) is 5.91 Å². The van der Waals surface area contributed by atoms with Crippen molar-refractivity contribution in [3.05, 3.63) is 29.3 Å². The van der Waals surface area contributed by atoms with E-state index in [9.17, 15) is 9.59 Å². The first kappa shape index (κ1) is 16.8. The van der Waals surface area contributed by atoms with Gasteiger partial charge in [0, 0.05) is 42.6 Å². The number of rotatable bonds is 5. The molecule has 1 heterocycles. The van der Waals surface area contributed by atoms with E-state index in [2.05, 4.69) is 5.32 Å². The number of carbonyl (C=O) groups is 2. The topological polar surface area (TPSA) is 58.6 Å². The molecule has 5 nitrogen and oxygen atoms in total. The molecule has 2 fully saturated rings. The van der Waals surface area contributed by atoms with Gasteiger partial charge in [-0.2, -0.15) is 0 Å². The number of benzene rings is 1. The van der Waals surface area contributed by atoms with Crippen LogP contribution in [0, 0.1) is 12.8 Å². The minimum atomic E-state index is -0.0989. The normalized spacial score (nSPS) is 21.3. The van der Waals surface area contributed by atoms with E-state index in [0.29, 0.717) is 30.3 Å². The summed E-state index contributed by atoms with van der Waals surface area (Å²) < 4.78 is 5.27. The van der Waals surface area contributed by atoms with Crippen LogP contribution in [0.1, 0.15) is 48.0 Å². The van der Waals surface area contributed by atoms with E-state index in [-0.39, 0.29) is 17.7 Å². The maximum Gasteiger partial charge on any atom is 0.251 e. The van der Waals surface area contributed by atoms with Crippen LogP contribution in [-0.4, -0.2) is 43.0 Å². The predicted molar refractivity (Wildman–Crippen MR) is 92.1 cm³/mol. The van der Waals surface area contributed by atoms with Crippen LogP contribution in [0.25, 0.3) is 0 Å². The molecule has 1 aliphatic carbocycles. The van der Waals surface area contributed by atoms with Crippen LogP contribution in [0.3, 0.4) is 0 Å². The summed E-state index contributed by atoms with van der Waals surface area (Å²) in [7, 11) is 1.60. The quantitative estimate of drug-likeness (QED) is 0.902. The van der Waals surface area contributed by atoms with E-state index in [0.717, 1.165) is 24.9 Å². The molecule has 0 aromatic heterocycles. The zero-order valence-corrected chi connectivity index (χ0v) is 14.5. The Bertz CT molecular complexity index is 623. The summed E-state index contributed by atoms with van der Waals surface area (Å²) in [6.45, 7) is 3.21. The van der Waals surface area contributed by atoms with Crippen molar-refractivity contribution in [2.75, 3.05) is 20.2 Å². The van der Waals surface area contributed by atoms with Gasteiger partial charge in [-0.3, -0.25) is 9.59 Å². The van der Waals surface area contributed by atoms with Gasteiger partial charge in [-0.1, -0.05) is 18.9 Å². The van der Waals surface area contributed by atoms with Crippen molar-refractivity contribution < 1.29 is 14.3 Å². The smallest absolute Gasteiger partial charge is 0.251 e. The first-order valence-corrected chi connectivity index (χ1v) is 8.81. The molecule has 1 aromatic rings. The average molecular weight is 330 g/mol. The molecule has 1 aliphatic heterocycles. The third kappa shape index (κ3) is 3.40. The molecule has 1 N–H and O–H groups in total. The summed E-state index contributed by atoms with van der Waals surface area (Å²) in [6, 6.07) is 5.90. The largest absolute Gasteiger partial charge is 0.496 e. The van der Waals surface area contributed by atoms with Crippen molar-refractivity contribution in [3.8, 4) is 5.75 Å². The molecule has 24 heavy (non-hydrogen) atoms. The van der Waals surface area contributed by atoms with E-state index in [1.807, 2.05) is 24.0 Å². The third-order valence-electron chi connectivity index (χ3n) is 5.30. The van der Waals surface area contributed by atoms with Crippen molar-refractivity contribution >= 4 is 11.8 Å². The summed E-state index contributed by atoms with van der Waals surface area (Å²) in [4.78, 5) is 26.7. The van der Waals surface area contributed by atoms with Crippen LogP contribution < -0.4 is 10.1 Å². The molecule has 0 unspecified atom stereocenters. The number of amides is 2. The molecule has 1 aromatic carbocycles. The van der Waals surface area contributed by atoms with E-state index in [1.165, 1.54) is 12.8 Å². The van der Waals surface area contributed by atoms with Crippen molar-refractivity contribution in [3.63, 3.8) is 0 Å². The predicted octanol–water partition coefficient (Wildman–Crippen LogP) is 2.52. The molecule has 3 rings (SSSR count). The maximum absolute atomic E-state index is 12.4. The fraction of sp³-hybridized carbons (Fsp3) is 0.579. The summed E-state index contributed by atoms with van der Waals surface area (Å²) in [5.74, 6) is 1.08. The molecule has 0 spiro atoms. The second-order valence-corrected chi connectivity index (χ2v) is 6.90. The molecule has 0 bridgehead atoms. The number of likely N-dealkylation sites (tertiary alicyclic amines) is 1. The van der Waals surface area contributed by atoms with Crippen LogP contribution in [0.15, 0.2) is 18.2 Å². The molecular weight excluding hydrogens is 304 g/mol. The first-order chi connectivity index (χ1) is 11.6. The Morgan fingerprint density at radius 2 is 2.08 bits per heavy atom. The highest BCUT2D eigenvalue weighted by Gasteiger charge is 2.35. The Morgan fingerprint density at radius 1 is 1.33 bits per heavy atom. The van der Waals surface area contributed by atoms with Gasteiger partial charge in [-0.05, 0) is 31.9 Å². The highest BCUT2D eigenvalue weighted by molar-refractivity contribution is 5.96. The van der Waals surface area contributed by atoms with Gasteiger partial charge < -0.3 is 15.0 Å². The number of carbonyl (C=O) groups excluding carboxylic acids is 2. The van der Waals surface area contributed by atoms with E-state index in [1.54, 1.807) is 13.2 Å². The summed E-state index contributed by atoms with van der Waals surface area (Å²) in [5.41, 5.74) is 1.47.